The lowest BCUT2D eigenvalue weighted by Gasteiger charge is -2.27. The molecule has 0 fully saturated rings. The number of anilines is 1. The second-order valence-corrected chi connectivity index (χ2v) is 6.16. The second-order valence-electron chi connectivity index (χ2n) is 4.62. The number of fused-ring (bicyclic) bond motifs is 1. The molecule has 0 saturated heterocycles. The monoisotopic (exact) mass is 311 g/mol. The van der Waals surface area contributed by atoms with Gasteiger partial charge in [0, 0.05) is 15.7 Å². The van der Waals surface area contributed by atoms with Crippen LogP contribution >= 0.6 is 23.4 Å². The Bertz CT molecular complexity index is 648. The first-order valence-electron chi connectivity index (χ1n) is 6.28. The van der Waals surface area contributed by atoms with E-state index >= 15 is 0 Å². The Labute approximate surface area is 125 Å². The Morgan fingerprint density at radius 3 is 2.85 bits per heavy atom. The molecule has 0 radical (unpaired) electrons. The van der Waals surface area contributed by atoms with Crippen LogP contribution in [0.3, 0.4) is 0 Å². The molecular weight excluding hydrogens is 300 g/mol. The van der Waals surface area contributed by atoms with Gasteiger partial charge in [-0.05, 0) is 36.2 Å². The number of hydrogen-bond acceptors (Lipinski definition) is 2. The normalized spacial score (nSPS) is 17.6. The van der Waals surface area contributed by atoms with Crippen LogP contribution in [-0.2, 0) is 0 Å². The van der Waals surface area contributed by atoms with E-state index in [1.165, 1.54) is 30.0 Å². The van der Waals surface area contributed by atoms with E-state index in [4.69, 9.17) is 11.6 Å². The van der Waals surface area contributed by atoms with Crippen molar-refractivity contribution in [1.29, 1.82) is 0 Å². The van der Waals surface area contributed by atoms with Crippen LogP contribution < -0.4 is 5.32 Å². The van der Waals surface area contributed by atoms with Gasteiger partial charge in [-0.1, -0.05) is 23.7 Å². The number of hydrogen-bond donors (Lipinski definition) is 1. The molecule has 2 aromatic rings. The fourth-order valence-corrected chi connectivity index (χ4v) is 3.64. The fraction of sp³-hybridized carbons (Fsp3) is 0.200. The lowest BCUT2D eigenvalue weighted by atomic mass is 10.0. The van der Waals surface area contributed by atoms with Crippen LogP contribution in [0.4, 0.5) is 14.5 Å². The summed E-state index contributed by atoms with van der Waals surface area (Å²) in [6.45, 7) is 0. The van der Waals surface area contributed by atoms with E-state index in [9.17, 15) is 8.78 Å². The molecule has 0 spiro atoms. The van der Waals surface area contributed by atoms with E-state index in [2.05, 4.69) is 5.32 Å². The quantitative estimate of drug-likeness (QED) is 0.811. The van der Waals surface area contributed by atoms with Crippen LogP contribution in [-0.4, -0.2) is 5.75 Å². The molecule has 0 bridgehead atoms. The fourth-order valence-electron chi connectivity index (χ4n) is 2.33. The van der Waals surface area contributed by atoms with Gasteiger partial charge >= 0.3 is 0 Å². The van der Waals surface area contributed by atoms with Crippen molar-refractivity contribution in [2.45, 2.75) is 17.4 Å². The lowest BCUT2D eigenvalue weighted by Crippen LogP contribution is -2.17. The van der Waals surface area contributed by atoms with Crippen molar-refractivity contribution in [3.8, 4) is 0 Å². The van der Waals surface area contributed by atoms with Gasteiger partial charge in [0.15, 0.2) is 0 Å². The maximum atomic E-state index is 13.8. The lowest BCUT2D eigenvalue weighted by molar-refractivity contribution is 0.583. The zero-order chi connectivity index (χ0) is 14.1. The van der Waals surface area contributed by atoms with Gasteiger partial charge in [0.25, 0.3) is 0 Å². The minimum absolute atomic E-state index is 0.102. The van der Waals surface area contributed by atoms with Gasteiger partial charge < -0.3 is 5.32 Å². The van der Waals surface area contributed by atoms with Crippen molar-refractivity contribution >= 4 is 29.1 Å². The summed E-state index contributed by atoms with van der Waals surface area (Å²) in [5.74, 6) is 0.226. The van der Waals surface area contributed by atoms with Gasteiger partial charge in [-0.25, -0.2) is 8.78 Å². The largest absolute Gasteiger partial charge is 0.376 e. The Morgan fingerprint density at radius 1 is 1.15 bits per heavy atom. The molecule has 104 valence electrons. The van der Waals surface area contributed by atoms with E-state index in [0.29, 0.717) is 15.6 Å². The molecule has 1 N–H and O–H groups in total. The van der Waals surface area contributed by atoms with Crippen LogP contribution in [0.1, 0.15) is 18.0 Å². The third-order valence-electron chi connectivity index (χ3n) is 3.28. The SMILES string of the molecule is Fc1ccc(Cl)cc1NC1CCSc2c(F)cccc21. The van der Waals surface area contributed by atoms with Crippen molar-refractivity contribution in [2.24, 2.45) is 0 Å². The van der Waals surface area contributed by atoms with Crippen molar-refractivity contribution in [3.05, 3.63) is 58.6 Å². The molecule has 2 aromatic carbocycles. The maximum absolute atomic E-state index is 13.8. The predicted octanol–water partition coefficient (Wildman–Crippen LogP) is 5.27. The molecule has 3 rings (SSSR count). The number of halogens is 3. The summed E-state index contributed by atoms with van der Waals surface area (Å²) in [5, 5.41) is 3.60. The summed E-state index contributed by atoms with van der Waals surface area (Å²) >= 11 is 7.39. The van der Waals surface area contributed by atoms with Crippen LogP contribution in [0.25, 0.3) is 0 Å². The third kappa shape index (κ3) is 2.63. The van der Waals surface area contributed by atoms with E-state index in [1.807, 2.05) is 6.07 Å². The van der Waals surface area contributed by atoms with Gasteiger partial charge in [0.2, 0.25) is 0 Å². The van der Waals surface area contributed by atoms with Crippen LogP contribution in [0.5, 0.6) is 0 Å². The number of rotatable bonds is 2. The highest BCUT2D eigenvalue weighted by Gasteiger charge is 2.23. The third-order valence-corrected chi connectivity index (χ3v) is 4.68. The van der Waals surface area contributed by atoms with E-state index in [0.717, 1.165) is 17.7 Å². The summed E-state index contributed by atoms with van der Waals surface area (Å²) in [6.07, 6.45) is 0.813. The molecule has 1 nitrogen and oxygen atoms in total. The molecular formula is C15H12ClF2NS. The highest BCUT2D eigenvalue weighted by Crippen LogP contribution is 2.39. The molecule has 0 aliphatic carbocycles. The van der Waals surface area contributed by atoms with Crippen molar-refractivity contribution < 1.29 is 8.78 Å². The van der Waals surface area contributed by atoms with Gasteiger partial charge in [0.05, 0.1) is 11.7 Å². The topological polar surface area (TPSA) is 12.0 Å². The standard InChI is InChI=1S/C15H12ClF2NS/c16-9-4-5-11(17)14(8-9)19-13-6-7-20-15-10(13)2-1-3-12(15)18/h1-5,8,13,19H,6-7H2. The first-order valence-corrected chi connectivity index (χ1v) is 7.64. The van der Waals surface area contributed by atoms with E-state index in [-0.39, 0.29) is 17.7 Å². The van der Waals surface area contributed by atoms with Crippen molar-refractivity contribution in [2.75, 3.05) is 11.1 Å². The molecule has 1 unspecified atom stereocenters. The smallest absolute Gasteiger partial charge is 0.146 e. The number of thioether (sulfide) groups is 1. The first kappa shape index (κ1) is 13.7. The van der Waals surface area contributed by atoms with E-state index < -0.39 is 0 Å². The highest BCUT2D eigenvalue weighted by molar-refractivity contribution is 7.99. The summed E-state index contributed by atoms with van der Waals surface area (Å²) < 4.78 is 27.6. The average molecular weight is 312 g/mol. The zero-order valence-electron chi connectivity index (χ0n) is 10.5. The molecule has 0 saturated carbocycles. The Morgan fingerprint density at radius 2 is 2.00 bits per heavy atom. The van der Waals surface area contributed by atoms with Gasteiger partial charge in [-0.2, -0.15) is 0 Å². The Kier molecular flexibility index (Phi) is 3.85. The molecule has 5 heteroatoms. The zero-order valence-corrected chi connectivity index (χ0v) is 12.1. The van der Waals surface area contributed by atoms with Gasteiger partial charge in [-0.3, -0.25) is 0 Å². The molecule has 20 heavy (non-hydrogen) atoms. The summed E-state index contributed by atoms with van der Waals surface area (Å²) in [4.78, 5) is 0.652. The number of benzene rings is 2. The average Bonchev–Trinajstić information content (AvgIpc) is 2.44. The second kappa shape index (κ2) is 5.62. The highest BCUT2D eigenvalue weighted by atomic mass is 35.5. The van der Waals surface area contributed by atoms with Gasteiger partial charge in [0.1, 0.15) is 11.6 Å². The summed E-state index contributed by atoms with van der Waals surface area (Å²) in [5.41, 5.74) is 1.23. The molecule has 1 atom stereocenters. The molecule has 1 aliphatic heterocycles. The first-order chi connectivity index (χ1) is 9.65. The molecule has 0 aromatic heterocycles. The summed E-state index contributed by atoms with van der Waals surface area (Å²) in [7, 11) is 0. The minimum atomic E-state index is -0.356. The Hall–Kier alpha value is -1.26. The van der Waals surface area contributed by atoms with Crippen LogP contribution in [0.15, 0.2) is 41.3 Å². The maximum Gasteiger partial charge on any atom is 0.146 e. The van der Waals surface area contributed by atoms with Crippen molar-refractivity contribution in [1.82, 2.24) is 0 Å². The predicted molar refractivity (Wildman–Crippen MR) is 79.5 cm³/mol. The Balaban J connectivity index is 1.94. The number of nitrogens with one attached hydrogen (secondary N) is 1. The van der Waals surface area contributed by atoms with Crippen molar-refractivity contribution in [3.63, 3.8) is 0 Å². The minimum Gasteiger partial charge on any atom is -0.376 e. The molecule has 1 aliphatic rings. The molecule has 0 amide bonds. The van der Waals surface area contributed by atoms with Crippen LogP contribution in [0, 0.1) is 11.6 Å². The summed E-state index contributed by atoms with van der Waals surface area (Å²) in [6, 6.07) is 9.30. The van der Waals surface area contributed by atoms with Crippen LogP contribution in [0.2, 0.25) is 5.02 Å². The van der Waals surface area contributed by atoms with E-state index in [1.54, 1.807) is 12.1 Å². The molecule has 1 heterocycles. The van der Waals surface area contributed by atoms with Gasteiger partial charge in [-0.15, -0.1) is 11.8 Å².